The van der Waals surface area contributed by atoms with E-state index in [1.165, 1.54) is 37.1 Å². The molecule has 2 aliphatic rings. The molecular formula is C16H23NO. The first-order chi connectivity index (χ1) is 8.66. The number of hydrogen-bond donors (Lipinski definition) is 1. The molecule has 1 aliphatic carbocycles. The first-order valence-electron chi connectivity index (χ1n) is 7.21. The van der Waals surface area contributed by atoms with Crippen molar-refractivity contribution in [3.63, 3.8) is 0 Å². The molecule has 0 spiro atoms. The van der Waals surface area contributed by atoms with Gasteiger partial charge in [0.05, 0.1) is 0 Å². The van der Waals surface area contributed by atoms with Crippen LogP contribution in [0, 0.1) is 11.8 Å². The first kappa shape index (κ1) is 12.0. The van der Waals surface area contributed by atoms with E-state index in [0.717, 1.165) is 18.3 Å². The maximum absolute atomic E-state index is 9.91. The average Bonchev–Trinajstić information content (AvgIpc) is 2.94. The van der Waals surface area contributed by atoms with Gasteiger partial charge in [-0.15, -0.1) is 0 Å². The van der Waals surface area contributed by atoms with Crippen LogP contribution in [0.15, 0.2) is 18.2 Å². The van der Waals surface area contributed by atoms with E-state index in [0.29, 0.717) is 11.8 Å². The number of benzene rings is 1. The van der Waals surface area contributed by atoms with E-state index >= 15 is 0 Å². The first-order valence-corrected chi connectivity index (χ1v) is 7.21. The Kier molecular flexibility index (Phi) is 3.06. The molecule has 2 nitrogen and oxygen atoms in total. The van der Waals surface area contributed by atoms with Crippen LogP contribution in [0.25, 0.3) is 0 Å². The smallest absolute Gasteiger partial charge is 0.119 e. The summed E-state index contributed by atoms with van der Waals surface area (Å²) in [5, 5.41) is 9.91. The van der Waals surface area contributed by atoms with E-state index in [4.69, 9.17) is 0 Å². The molecule has 18 heavy (non-hydrogen) atoms. The van der Waals surface area contributed by atoms with Gasteiger partial charge in [-0.3, -0.25) is 4.90 Å². The number of phenols is 1. The number of nitrogens with zero attached hydrogens (tertiary/aromatic N) is 1. The van der Waals surface area contributed by atoms with Crippen molar-refractivity contribution in [2.75, 3.05) is 13.1 Å². The predicted octanol–water partition coefficient (Wildman–Crippen LogP) is 3.36. The summed E-state index contributed by atoms with van der Waals surface area (Å²) < 4.78 is 0. The van der Waals surface area contributed by atoms with E-state index < -0.39 is 0 Å². The second-order valence-electron chi connectivity index (χ2n) is 6.19. The molecule has 0 saturated carbocycles. The summed E-state index contributed by atoms with van der Waals surface area (Å²) in [6, 6.07) is 6.57. The Bertz CT molecular complexity index is 441. The molecule has 2 atom stereocenters. The van der Waals surface area contributed by atoms with E-state index in [1.807, 2.05) is 12.1 Å². The van der Waals surface area contributed by atoms with Gasteiger partial charge < -0.3 is 5.11 Å². The Balaban J connectivity index is 1.79. The van der Waals surface area contributed by atoms with Gasteiger partial charge in [0, 0.05) is 12.6 Å². The Labute approximate surface area is 110 Å². The van der Waals surface area contributed by atoms with Crippen LogP contribution in [-0.4, -0.2) is 23.1 Å². The fraction of sp³-hybridized carbons (Fsp3) is 0.625. The standard InChI is InChI=1S/C16H23NO/c1-11(2)12-8-9-17(10-12)15-7-6-14-13(15)4-3-5-16(14)18/h3-5,11-12,15,18H,6-10H2,1-2H3. The highest BCUT2D eigenvalue weighted by atomic mass is 16.3. The minimum absolute atomic E-state index is 0.495. The van der Waals surface area contributed by atoms with Crippen molar-refractivity contribution in [3.05, 3.63) is 29.3 Å². The third-order valence-electron chi connectivity index (χ3n) is 4.85. The van der Waals surface area contributed by atoms with Gasteiger partial charge in [0.2, 0.25) is 0 Å². The summed E-state index contributed by atoms with van der Waals surface area (Å²) in [7, 11) is 0. The van der Waals surface area contributed by atoms with Crippen LogP contribution in [0.5, 0.6) is 5.75 Å². The largest absolute Gasteiger partial charge is 0.508 e. The lowest BCUT2D eigenvalue weighted by molar-refractivity contribution is 0.227. The van der Waals surface area contributed by atoms with Crippen LogP contribution >= 0.6 is 0 Å². The number of aromatic hydroxyl groups is 1. The molecule has 3 rings (SSSR count). The molecule has 0 radical (unpaired) electrons. The lowest BCUT2D eigenvalue weighted by atomic mass is 9.95. The normalized spacial score (nSPS) is 27.9. The highest BCUT2D eigenvalue weighted by molar-refractivity contribution is 5.44. The van der Waals surface area contributed by atoms with Gasteiger partial charge >= 0.3 is 0 Å². The Morgan fingerprint density at radius 2 is 2.11 bits per heavy atom. The maximum Gasteiger partial charge on any atom is 0.119 e. The molecule has 1 fully saturated rings. The number of hydrogen-bond acceptors (Lipinski definition) is 2. The molecule has 0 bridgehead atoms. The molecule has 1 aliphatic heterocycles. The zero-order chi connectivity index (χ0) is 12.7. The SMILES string of the molecule is CC(C)C1CCN(C2CCc3c(O)cccc32)C1. The fourth-order valence-electron chi connectivity index (χ4n) is 3.64. The van der Waals surface area contributed by atoms with Gasteiger partial charge in [0.25, 0.3) is 0 Å². The van der Waals surface area contributed by atoms with Crippen LogP contribution in [0.4, 0.5) is 0 Å². The highest BCUT2D eigenvalue weighted by Crippen LogP contribution is 2.42. The number of phenolic OH excluding ortho intramolecular Hbond substituents is 1. The quantitative estimate of drug-likeness (QED) is 0.863. The number of fused-ring (bicyclic) bond motifs is 1. The minimum Gasteiger partial charge on any atom is -0.508 e. The van der Waals surface area contributed by atoms with Crippen molar-refractivity contribution in [2.24, 2.45) is 11.8 Å². The molecule has 2 heteroatoms. The summed E-state index contributed by atoms with van der Waals surface area (Å²) in [6.07, 6.45) is 3.55. The summed E-state index contributed by atoms with van der Waals surface area (Å²) in [5.74, 6) is 2.14. The lowest BCUT2D eigenvalue weighted by Crippen LogP contribution is -2.25. The Morgan fingerprint density at radius 1 is 1.28 bits per heavy atom. The van der Waals surface area contributed by atoms with Crippen LogP contribution in [0.2, 0.25) is 0 Å². The van der Waals surface area contributed by atoms with Crippen molar-refractivity contribution >= 4 is 0 Å². The zero-order valence-corrected chi connectivity index (χ0v) is 11.4. The molecule has 1 aromatic rings. The van der Waals surface area contributed by atoms with Gasteiger partial charge in [-0.1, -0.05) is 26.0 Å². The van der Waals surface area contributed by atoms with E-state index in [1.54, 1.807) is 0 Å². The maximum atomic E-state index is 9.91. The molecule has 98 valence electrons. The van der Waals surface area contributed by atoms with Crippen molar-refractivity contribution in [2.45, 2.75) is 39.2 Å². The number of rotatable bonds is 2. The summed E-state index contributed by atoms with van der Waals surface area (Å²) in [6.45, 7) is 7.13. The van der Waals surface area contributed by atoms with Gasteiger partial charge in [-0.2, -0.15) is 0 Å². The molecule has 1 heterocycles. The minimum atomic E-state index is 0.495. The highest BCUT2D eigenvalue weighted by Gasteiger charge is 2.34. The summed E-state index contributed by atoms with van der Waals surface area (Å²) in [5.41, 5.74) is 2.56. The Morgan fingerprint density at radius 3 is 2.83 bits per heavy atom. The van der Waals surface area contributed by atoms with Gasteiger partial charge in [0.1, 0.15) is 5.75 Å². The van der Waals surface area contributed by atoms with Crippen molar-refractivity contribution < 1.29 is 5.11 Å². The lowest BCUT2D eigenvalue weighted by Gasteiger charge is -2.25. The van der Waals surface area contributed by atoms with Crippen LogP contribution in [0.1, 0.15) is 43.9 Å². The average molecular weight is 245 g/mol. The Hall–Kier alpha value is -1.02. The third kappa shape index (κ3) is 1.93. The van der Waals surface area contributed by atoms with Crippen molar-refractivity contribution in [1.82, 2.24) is 4.90 Å². The second kappa shape index (κ2) is 4.58. The van der Waals surface area contributed by atoms with Gasteiger partial charge in [-0.25, -0.2) is 0 Å². The second-order valence-corrected chi connectivity index (χ2v) is 6.19. The molecule has 1 N–H and O–H groups in total. The predicted molar refractivity (Wildman–Crippen MR) is 73.7 cm³/mol. The molecule has 1 saturated heterocycles. The number of likely N-dealkylation sites (tertiary alicyclic amines) is 1. The van der Waals surface area contributed by atoms with Crippen LogP contribution < -0.4 is 0 Å². The monoisotopic (exact) mass is 245 g/mol. The summed E-state index contributed by atoms with van der Waals surface area (Å²) in [4.78, 5) is 2.63. The van der Waals surface area contributed by atoms with E-state index in [-0.39, 0.29) is 0 Å². The van der Waals surface area contributed by atoms with E-state index in [9.17, 15) is 5.11 Å². The molecule has 0 aromatic heterocycles. The molecular weight excluding hydrogens is 222 g/mol. The topological polar surface area (TPSA) is 23.5 Å². The fourth-order valence-corrected chi connectivity index (χ4v) is 3.64. The third-order valence-corrected chi connectivity index (χ3v) is 4.85. The van der Waals surface area contributed by atoms with Gasteiger partial charge in [0.15, 0.2) is 0 Å². The van der Waals surface area contributed by atoms with Crippen molar-refractivity contribution in [3.8, 4) is 5.75 Å². The summed E-state index contributed by atoms with van der Waals surface area (Å²) >= 11 is 0. The van der Waals surface area contributed by atoms with Crippen molar-refractivity contribution in [1.29, 1.82) is 0 Å². The zero-order valence-electron chi connectivity index (χ0n) is 11.4. The van der Waals surface area contributed by atoms with Gasteiger partial charge in [-0.05, 0) is 54.8 Å². The molecule has 0 amide bonds. The molecule has 1 aromatic carbocycles. The van der Waals surface area contributed by atoms with Crippen LogP contribution in [0.3, 0.4) is 0 Å². The van der Waals surface area contributed by atoms with Crippen LogP contribution in [-0.2, 0) is 6.42 Å². The molecule has 2 unspecified atom stereocenters. The van der Waals surface area contributed by atoms with E-state index in [2.05, 4.69) is 24.8 Å².